The van der Waals surface area contributed by atoms with Gasteiger partial charge in [0.1, 0.15) is 0 Å². The molecule has 21 heavy (non-hydrogen) atoms. The zero-order valence-electron chi connectivity index (χ0n) is 12.5. The first-order valence-corrected chi connectivity index (χ1v) is 6.72. The molecule has 0 amide bonds. The minimum absolute atomic E-state index is 0.389. The highest BCUT2D eigenvalue weighted by Gasteiger charge is 2.13. The molecular formula is C15H20N4O2. The second-order valence-corrected chi connectivity index (χ2v) is 4.87. The third-order valence-corrected chi connectivity index (χ3v) is 3.42. The number of ether oxygens (including phenoxy) is 1. The number of aryl methyl sites for hydroxylation is 2. The molecule has 0 spiro atoms. The number of nitrogens with zero attached hydrogens (tertiary/aromatic N) is 2. The molecule has 0 aliphatic rings. The smallest absolute Gasteiger partial charge is 0.340 e. The van der Waals surface area contributed by atoms with Gasteiger partial charge in [0.25, 0.3) is 0 Å². The molecule has 0 bridgehead atoms. The van der Waals surface area contributed by atoms with Gasteiger partial charge in [-0.15, -0.1) is 0 Å². The summed E-state index contributed by atoms with van der Waals surface area (Å²) in [5, 5.41) is 7.42. The summed E-state index contributed by atoms with van der Waals surface area (Å²) >= 11 is 0. The normalized spacial score (nSPS) is 10.4. The number of aromatic nitrogens is 2. The monoisotopic (exact) mass is 288 g/mol. The summed E-state index contributed by atoms with van der Waals surface area (Å²) < 4.78 is 6.59. The van der Waals surface area contributed by atoms with Crippen molar-refractivity contribution in [2.75, 3.05) is 24.7 Å². The molecule has 1 heterocycles. The molecule has 0 saturated carbocycles. The average Bonchev–Trinajstić information content (AvgIpc) is 2.87. The molecule has 0 radical (unpaired) electrons. The predicted octanol–water partition coefficient (Wildman–Crippen LogP) is 1.75. The van der Waals surface area contributed by atoms with E-state index in [-0.39, 0.29) is 0 Å². The molecular weight excluding hydrogens is 268 g/mol. The number of esters is 1. The Labute approximate surface area is 123 Å². The Kier molecular flexibility index (Phi) is 4.47. The number of nitrogens with two attached hydrogens (primary N) is 1. The molecule has 1 aromatic heterocycles. The molecule has 0 unspecified atom stereocenters. The molecule has 2 aromatic rings. The Morgan fingerprint density at radius 2 is 2.24 bits per heavy atom. The summed E-state index contributed by atoms with van der Waals surface area (Å²) in [6.07, 6.45) is 2.62. The molecule has 6 nitrogen and oxygen atoms in total. The van der Waals surface area contributed by atoms with Gasteiger partial charge in [-0.1, -0.05) is 0 Å². The fourth-order valence-corrected chi connectivity index (χ4v) is 2.16. The van der Waals surface area contributed by atoms with Gasteiger partial charge < -0.3 is 15.8 Å². The summed E-state index contributed by atoms with van der Waals surface area (Å²) in [5.74, 6) is -0.425. The quantitative estimate of drug-likeness (QED) is 0.647. The largest absolute Gasteiger partial charge is 0.465 e. The van der Waals surface area contributed by atoms with Crippen LogP contribution in [0, 0.1) is 6.92 Å². The van der Waals surface area contributed by atoms with Crippen LogP contribution >= 0.6 is 0 Å². The molecule has 6 heteroatoms. The molecule has 0 fully saturated rings. The SMILES string of the molecule is COC(=O)c1cc(NCCc2ccnn2C)cc(C)c1N. The second kappa shape index (κ2) is 6.30. The van der Waals surface area contributed by atoms with E-state index < -0.39 is 5.97 Å². The molecule has 2 rings (SSSR count). The van der Waals surface area contributed by atoms with Gasteiger partial charge in [-0.05, 0) is 30.7 Å². The highest BCUT2D eigenvalue weighted by molar-refractivity contribution is 5.97. The van der Waals surface area contributed by atoms with E-state index in [1.807, 2.05) is 30.8 Å². The van der Waals surface area contributed by atoms with E-state index in [1.165, 1.54) is 7.11 Å². The Bertz CT molecular complexity index is 649. The van der Waals surface area contributed by atoms with Crippen LogP contribution in [0.1, 0.15) is 21.6 Å². The number of rotatable bonds is 5. The lowest BCUT2D eigenvalue weighted by molar-refractivity contribution is 0.0602. The Morgan fingerprint density at radius 3 is 2.86 bits per heavy atom. The summed E-state index contributed by atoms with van der Waals surface area (Å²) in [6.45, 7) is 2.61. The third-order valence-electron chi connectivity index (χ3n) is 3.42. The number of nitrogens with one attached hydrogen (secondary N) is 1. The summed E-state index contributed by atoms with van der Waals surface area (Å²) in [5.41, 5.74) is 9.60. The molecule has 0 aliphatic heterocycles. The van der Waals surface area contributed by atoms with E-state index in [1.54, 1.807) is 12.3 Å². The van der Waals surface area contributed by atoms with Crippen molar-refractivity contribution in [1.82, 2.24) is 9.78 Å². The molecule has 3 N–H and O–H groups in total. The Hall–Kier alpha value is -2.50. The van der Waals surface area contributed by atoms with Gasteiger partial charge in [0.05, 0.1) is 12.7 Å². The van der Waals surface area contributed by atoms with Crippen molar-refractivity contribution in [3.63, 3.8) is 0 Å². The van der Waals surface area contributed by atoms with E-state index in [2.05, 4.69) is 10.4 Å². The number of nitrogen functional groups attached to an aromatic ring is 1. The molecule has 112 valence electrons. The molecule has 1 aromatic carbocycles. The Balaban J connectivity index is 2.08. The number of carbonyl (C=O) groups is 1. The number of methoxy groups -OCH3 is 1. The number of hydrogen-bond donors (Lipinski definition) is 2. The van der Waals surface area contributed by atoms with E-state index in [4.69, 9.17) is 10.5 Å². The zero-order chi connectivity index (χ0) is 15.4. The summed E-state index contributed by atoms with van der Waals surface area (Å²) in [6, 6.07) is 5.62. The van der Waals surface area contributed by atoms with Gasteiger partial charge in [-0.2, -0.15) is 5.10 Å². The first-order valence-electron chi connectivity index (χ1n) is 6.72. The van der Waals surface area contributed by atoms with Crippen LogP contribution in [0.15, 0.2) is 24.4 Å². The van der Waals surface area contributed by atoms with Crippen LogP contribution < -0.4 is 11.1 Å². The maximum Gasteiger partial charge on any atom is 0.340 e. The van der Waals surface area contributed by atoms with Gasteiger partial charge in [0.2, 0.25) is 0 Å². The fourth-order valence-electron chi connectivity index (χ4n) is 2.16. The van der Waals surface area contributed by atoms with Crippen LogP contribution in [0.5, 0.6) is 0 Å². The number of anilines is 2. The van der Waals surface area contributed by atoms with Crippen LogP contribution in [0.25, 0.3) is 0 Å². The lowest BCUT2D eigenvalue weighted by Gasteiger charge is -2.12. The predicted molar refractivity (Wildman–Crippen MR) is 82.3 cm³/mol. The van der Waals surface area contributed by atoms with Crippen molar-refractivity contribution >= 4 is 17.3 Å². The van der Waals surface area contributed by atoms with Crippen LogP contribution in [0.4, 0.5) is 11.4 Å². The van der Waals surface area contributed by atoms with E-state index in [9.17, 15) is 4.79 Å². The van der Waals surface area contributed by atoms with Crippen molar-refractivity contribution in [2.24, 2.45) is 7.05 Å². The minimum Gasteiger partial charge on any atom is -0.465 e. The lowest BCUT2D eigenvalue weighted by atomic mass is 10.1. The van der Waals surface area contributed by atoms with Crippen molar-refractivity contribution in [3.8, 4) is 0 Å². The van der Waals surface area contributed by atoms with E-state index >= 15 is 0 Å². The van der Waals surface area contributed by atoms with Gasteiger partial charge >= 0.3 is 5.97 Å². The number of hydrogen-bond acceptors (Lipinski definition) is 5. The first-order chi connectivity index (χ1) is 10.0. The highest BCUT2D eigenvalue weighted by Crippen LogP contribution is 2.23. The summed E-state index contributed by atoms with van der Waals surface area (Å²) in [7, 11) is 3.26. The molecule has 0 saturated heterocycles. The lowest BCUT2D eigenvalue weighted by Crippen LogP contribution is -2.11. The molecule has 0 atom stereocenters. The minimum atomic E-state index is -0.425. The zero-order valence-corrected chi connectivity index (χ0v) is 12.5. The van der Waals surface area contributed by atoms with Crippen LogP contribution in [0.3, 0.4) is 0 Å². The van der Waals surface area contributed by atoms with Crippen LogP contribution in [-0.2, 0) is 18.2 Å². The first kappa shape index (κ1) is 14.9. The number of benzene rings is 1. The Morgan fingerprint density at radius 1 is 1.48 bits per heavy atom. The average molecular weight is 288 g/mol. The van der Waals surface area contributed by atoms with E-state index in [0.717, 1.165) is 29.9 Å². The van der Waals surface area contributed by atoms with Crippen molar-refractivity contribution in [1.29, 1.82) is 0 Å². The summed E-state index contributed by atoms with van der Waals surface area (Å²) in [4.78, 5) is 11.7. The number of carbonyl (C=O) groups excluding carboxylic acids is 1. The van der Waals surface area contributed by atoms with Crippen molar-refractivity contribution in [2.45, 2.75) is 13.3 Å². The third kappa shape index (κ3) is 3.34. The fraction of sp³-hybridized carbons (Fsp3) is 0.333. The van der Waals surface area contributed by atoms with Gasteiger partial charge in [-0.3, -0.25) is 4.68 Å². The van der Waals surface area contributed by atoms with Gasteiger partial charge in [0, 0.05) is 43.3 Å². The topological polar surface area (TPSA) is 82.2 Å². The van der Waals surface area contributed by atoms with E-state index in [0.29, 0.717) is 11.3 Å². The van der Waals surface area contributed by atoms with Crippen molar-refractivity contribution < 1.29 is 9.53 Å². The standard InChI is InChI=1S/C15H20N4O2/c1-10-8-11(9-13(14(10)16)15(20)21-3)17-6-4-12-5-7-18-19(12)2/h5,7-9,17H,4,6,16H2,1-3H3. The highest BCUT2D eigenvalue weighted by atomic mass is 16.5. The maximum absolute atomic E-state index is 11.7. The molecule has 0 aliphatic carbocycles. The van der Waals surface area contributed by atoms with Gasteiger partial charge in [0.15, 0.2) is 0 Å². The van der Waals surface area contributed by atoms with Crippen LogP contribution in [0.2, 0.25) is 0 Å². The van der Waals surface area contributed by atoms with Crippen molar-refractivity contribution in [3.05, 3.63) is 41.2 Å². The van der Waals surface area contributed by atoms with Gasteiger partial charge in [-0.25, -0.2) is 4.79 Å². The van der Waals surface area contributed by atoms with Crippen LogP contribution in [-0.4, -0.2) is 29.4 Å². The maximum atomic E-state index is 11.7. The second-order valence-electron chi connectivity index (χ2n) is 4.87.